The molecule has 0 atom stereocenters. The summed E-state index contributed by atoms with van der Waals surface area (Å²) < 4.78 is 134. The predicted octanol–water partition coefficient (Wildman–Crippen LogP) is 2.99. The SMILES string of the molecule is C[N+](CCS(=O)(=O)O)=c1ccc2c(-c3ccccc3S(=O)(=O)O)c3ccc(NCCc4ccc(S(=O)(=O)CCOS(=O)(=O)O)cc4)cc3oc-2c1. The Labute approximate surface area is 294 Å². The summed E-state index contributed by atoms with van der Waals surface area (Å²) in [6.07, 6.45) is 0.478. The van der Waals surface area contributed by atoms with Gasteiger partial charge in [0.2, 0.25) is 5.36 Å². The van der Waals surface area contributed by atoms with Crippen LogP contribution in [0, 0.1) is 0 Å². The molecule has 15 nitrogen and oxygen atoms in total. The van der Waals surface area contributed by atoms with Gasteiger partial charge in [-0.1, -0.05) is 30.3 Å². The van der Waals surface area contributed by atoms with E-state index in [2.05, 4.69) is 9.50 Å². The van der Waals surface area contributed by atoms with E-state index in [-0.39, 0.29) is 21.9 Å². The minimum Gasteiger partial charge on any atom is -0.456 e. The van der Waals surface area contributed by atoms with Crippen molar-refractivity contribution in [2.45, 2.75) is 16.2 Å². The second kappa shape index (κ2) is 14.8. The molecule has 4 N–H and O–H groups in total. The third kappa shape index (κ3) is 9.77. The molecule has 0 spiro atoms. The Bertz CT molecular complexity index is 2580. The molecular formula is C32H33N2O13S4+. The Hall–Kier alpha value is -4.21. The highest BCUT2D eigenvalue weighted by Crippen LogP contribution is 2.42. The van der Waals surface area contributed by atoms with Crippen molar-refractivity contribution in [2.24, 2.45) is 0 Å². The van der Waals surface area contributed by atoms with Crippen LogP contribution in [0.2, 0.25) is 0 Å². The summed E-state index contributed by atoms with van der Waals surface area (Å²) >= 11 is 0. The van der Waals surface area contributed by atoms with Gasteiger partial charge in [-0.25, -0.2) is 17.2 Å². The number of hydrogen-bond donors (Lipinski definition) is 4. The molecule has 0 fully saturated rings. The van der Waals surface area contributed by atoms with Crippen LogP contribution in [-0.4, -0.2) is 85.6 Å². The first-order chi connectivity index (χ1) is 23.8. The smallest absolute Gasteiger partial charge is 0.397 e. The van der Waals surface area contributed by atoms with Gasteiger partial charge in [-0.05, 0) is 48.4 Å². The normalized spacial score (nSPS) is 13.4. The van der Waals surface area contributed by atoms with Gasteiger partial charge in [-0.3, -0.25) is 13.7 Å². The lowest BCUT2D eigenvalue weighted by Crippen LogP contribution is -2.30. The van der Waals surface area contributed by atoms with Crippen LogP contribution in [0.3, 0.4) is 0 Å². The lowest BCUT2D eigenvalue weighted by Gasteiger charge is -2.17. The number of hydrogen-bond acceptors (Lipinski definition) is 11. The molecule has 0 saturated heterocycles. The number of sulfone groups is 1. The van der Waals surface area contributed by atoms with Crippen LogP contribution < -0.4 is 15.2 Å². The van der Waals surface area contributed by atoms with Crippen LogP contribution >= 0.6 is 0 Å². The van der Waals surface area contributed by atoms with Crippen LogP contribution in [0.1, 0.15) is 5.56 Å². The van der Waals surface area contributed by atoms with Crippen molar-refractivity contribution in [3.8, 4) is 22.5 Å². The van der Waals surface area contributed by atoms with Gasteiger partial charge < -0.3 is 9.73 Å². The molecule has 3 aromatic rings. The highest BCUT2D eigenvalue weighted by atomic mass is 32.3. The van der Waals surface area contributed by atoms with Gasteiger partial charge >= 0.3 is 10.4 Å². The van der Waals surface area contributed by atoms with Crippen LogP contribution in [-0.2, 0) is 51.1 Å². The molecule has 5 rings (SSSR count). The molecule has 51 heavy (non-hydrogen) atoms. The topological polar surface area (TPSA) is 235 Å². The van der Waals surface area contributed by atoms with Crippen molar-refractivity contribution < 1.29 is 55.9 Å². The Morgan fingerprint density at radius 2 is 1.49 bits per heavy atom. The van der Waals surface area contributed by atoms with Crippen LogP contribution in [0.5, 0.6) is 0 Å². The van der Waals surface area contributed by atoms with E-state index in [4.69, 9.17) is 8.97 Å². The van der Waals surface area contributed by atoms with Gasteiger partial charge in [-0.15, -0.1) is 0 Å². The molecule has 0 radical (unpaired) electrons. The standard InChI is InChI=1S/C32H32N2O13S4/c1-34(16-18-49(37,38)39)24-9-13-27-30(21-24)47-29-20-23(8-12-26(29)32(27)28-4-2-3-5-31(28)50(40,41)42)33-15-14-22-6-10-25(11-7-22)48(35,36)19-17-46-51(43,44)45/h2-13,20-21H,14-19H2,1H3,(H3,37,38,39,40,41,42,43,44,45)/p+1. The van der Waals surface area contributed by atoms with Crippen LogP contribution in [0.15, 0.2) is 99.1 Å². The van der Waals surface area contributed by atoms with Gasteiger partial charge in [0.1, 0.15) is 29.0 Å². The second-order valence-electron chi connectivity index (χ2n) is 11.4. The maximum Gasteiger partial charge on any atom is 0.397 e. The van der Waals surface area contributed by atoms with E-state index in [1.165, 1.54) is 24.3 Å². The first-order valence-corrected chi connectivity index (χ1v) is 21.1. The first kappa shape index (κ1) is 38.0. The summed E-state index contributed by atoms with van der Waals surface area (Å²) in [5.74, 6) is -0.822. The highest BCUT2D eigenvalue weighted by Gasteiger charge is 2.24. The van der Waals surface area contributed by atoms with Crippen molar-refractivity contribution in [3.05, 3.63) is 95.8 Å². The van der Waals surface area contributed by atoms with Crippen molar-refractivity contribution in [1.29, 1.82) is 0 Å². The molecule has 1 aliphatic heterocycles. The van der Waals surface area contributed by atoms with E-state index in [0.717, 1.165) is 5.56 Å². The molecular weight excluding hydrogens is 749 g/mol. The Kier molecular flexibility index (Phi) is 11.0. The Morgan fingerprint density at radius 3 is 2.16 bits per heavy atom. The lowest BCUT2D eigenvalue weighted by atomic mass is 9.93. The van der Waals surface area contributed by atoms with Crippen LogP contribution in [0.25, 0.3) is 33.4 Å². The van der Waals surface area contributed by atoms with Crippen molar-refractivity contribution in [2.75, 3.05) is 43.6 Å². The third-order valence-electron chi connectivity index (χ3n) is 7.87. The Balaban J connectivity index is 1.46. The molecule has 0 unspecified atom stereocenters. The maximum absolute atomic E-state index is 12.5. The quantitative estimate of drug-likeness (QED) is 0.0721. The zero-order valence-electron chi connectivity index (χ0n) is 26.8. The molecule has 272 valence electrons. The summed E-state index contributed by atoms with van der Waals surface area (Å²) in [5.41, 5.74) is 3.01. The fourth-order valence-electron chi connectivity index (χ4n) is 5.38. The number of nitrogens with zero attached hydrogens (tertiary/aromatic N) is 1. The number of benzene rings is 4. The summed E-state index contributed by atoms with van der Waals surface area (Å²) in [6, 6.07) is 22.3. The molecule has 0 amide bonds. The van der Waals surface area contributed by atoms with Gasteiger partial charge in [0.15, 0.2) is 16.4 Å². The number of nitrogens with one attached hydrogen (secondary N) is 1. The van der Waals surface area contributed by atoms with Crippen molar-refractivity contribution in [1.82, 2.24) is 4.58 Å². The largest absolute Gasteiger partial charge is 0.456 e. The third-order valence-corrected chi connectivity index (χ3v) is 11.6. The predicted molar refractivity (Wildman–Crippen MR) is 189 cm³/mol. The number of rotatable bonds is 14. The minimum atomic E-state index is -4.76. The summed E-state index contributed by atoms with van der Waals surface area (Å²) in [6.45, 7) is -0.339. The fourth-order valence-corrected chi connectivity index (χ4v) is 8.07. The molecule has 2 aliphatic rings. The summed E-state index contributed by atoms with van der Waals surface area (Å²) in [4.78, 5) is -0.346. The molecule has 1 heterocycles. The van der Waals surface area contributed by atoms with Crippen molar-refractivity contribution in [3.63, 3.8) is 0 Å². The zero-order chi connectivity index (χ0) is 37.2. The molecule has 0 aromatic heterocycles. The number of fused-ring (bicyclic) bond motifs is 2. The second-order valence-corrected chi connectivity index (χ2v) is 17.6. The minimum absolute atomic E-state index is 0.0189. The van der Waals surface area contributed by atoms with E-state index in [1.807, 2.05) is 0 Å². The molecule has 19 heteroatoms. The van der Waals surface area contributed by atoms with Gasteiger partial charge in [0, 0.05) is 46.4 Å². The molecule has 1 aliphatic carbocycles. The Morgan fingerprint density at radius 1 is 0.784 bits per heavy atom. The first-order valence-electron chi connectivity index (χ1n) is 15.0. The van der Waals surface area contributed by atoms with Gasteiger partial charge in [-0.2, -0.15) is 25.3 Å². The lowest BCUT2D eigenvalue weighted by molar-refractivity contribution is 0.284. The van der Waals surface area contributed by atoms with Gasteiger partial charge in [0.25, 0.3) is 20.2 Å². The van der Waals surface area contributed by atoms with E-state index < -0.39 is 58.6 Å². The average molecular weight is 782 g/mol. The maximum atomic E-state index is 12.5. The highest BCUT2D eigenvalue weighted by molar-refractivity contribution is 7.91. The van der Waals surface area contributed by atoms with E-state index in [9.17, 15) is 42.8 Å². The molecule has 0 saturated carbocycles. The van der Waals surface area contributed by atoms with E-state index in [0.29, 0.717) is 51.9 Å². The van der Waals surface area contributed by atoms with Gasteiger partial charge in [0.05, 0.1) is 23.3 Å². The zero-order valence-corrected chi connectivity index (χ0v) is 30.1. The number of anilines is 1. The molecule has 0 bridgehead atoms. The molecule has 3 aromatic carbocycles. The summed E-state index contributed by atoms with van der Waals surface area (Å²) in [5, 5.41) is 4.37. The summed E-state index contributed by atoms with van der Waals surface area (Å²) in [7, 11) is -15.8. The van der Waals surface area contributed by atoms with Crippen LogP contribution in [0.4, 0.5) is 5.69 Å². The monoisotopic (exact) mass is 781 g/mol. The van der Waals surface area contributed by atoms with E-state index in [1.54, 1.807) is 72.3 Å². The average Bonchev–Trinajstić information content (AvgIpc) is 3.04. The van der Waals surface area contributed by atoms with E-state index >= 15 is 0 Å². The van der Waals surface area contributed by atoms with Crippen molar-refractivity contribution >= 4 is 57.1 Å². The fraction of sp³-hybridized carbons (Fsp3) is 0.219.